The molecule has 1 aliphatic rings. The molecular formula is C17H24N4O. The van der Waals surface area contributed by atoms with E-state index in [0.29, 0.717) is 11.6 Å². The number of fused-ring (bicyclic) bond motifs is 1. The van der Waals surface area contributed by atoms with E-state index < -0.39 is 0 Å². The molecule has 1 aliphatic carbocycles. The van der Waals surface area contributed by atoms with Gasteiger partial charge in [-0.25, -0.2) is 9.67 Å². The topological polar surface area (TPSA) is 59.8 Å². The van der Waals surface area contributed by atoms with E-state index in [0.717, 1.165) is 29.8 Å². The van der Waals surface area contributed by atoms with Gasteiger partial charge in [-0.15, -0.1) is 0 Å². The summed E-state index contributed by atoms with van der Waals surface area (Å²) < 4.78 is 1.87. The number of pyridine rings is 1. The van der Waals surface area contributed by atoms with Crippen LogP contribution in [0.5, 0.6) is 0 Å². The Morgan fingerprint density at radius 1 is 1.27 bits per heavy atom. The van der Waals surface area contributed by atoms with Crippen molar-refractivity contribution in [3.8, 4) is 0 Å². The van der Waals surface area contributed by atoms with Crippen LogP contribution in [0.25, 0.3) is 11.0 Å². The van der Waals surface area contributed by atoms with Crippen LogP contribution in [-0.2, 0) is 0 Å². The fourth-order valence-electron chi connectivity index (χ4n) is 3.12. The van der Waals surface area contributed by atoms with Gasteiger partial charge in [0.25, 0.3) is 5.91 Å². The van der Waals surface area contributed by atoms with Gasteiger partial charge in [0.15, 0.2) is 5.65 Å². The fourth-order valence-corrected chi connectivity index (χ4v) is 3.12. The lowest BCUT2D eigenvalue weighted by Gasteiger charge is -2.26. The third-order valence-corrected chi connectivity index (χ3v) is 4.54. The second kappa shape index (κ2) is 6.07. The molecule has 0 spiro atoms. The summed E-state index contributed by atoms with van der Waals surface area (Å²) in [5, 5.41) is 8.40. The van der Waals surface area contributed by atoms with Crippen molar-refractivity contribution in [1.29, 1.82) is 0 Å². The summed E-state index contributed by atoms with van der Waals surface area (Å²) in [7, 11) is 0. The first-order chi connectivity index (χ1) is 10.5. The summed E-state index contributed by atoms with van der Waals surface area (Å²) >= 11 is 0. The maximum Gasteiger partial charge on any atom is 0.253 e. The molecule has 5 nitrogen and oxygen atoms in total. The number of carbonyl (C=O) groups excluding carboxylic acids is 1. The Kier molecular flexibility index (Phi) is 4.14. The third kappa shape index (κ3) is 2.98. The first kappa shape index (κ1) is 15.0. The van der Waals surface area contributed by atoms with Gasteiger partial charge in [-0.2, -0.15) is 5.10 Å². The Labute approximate surface area is 131 Å². The van der Waals surface area contributed by atoms with Gasteiger partial charge in [-0.3, -0.25) is 4.79 Å². The average molecular weight is 300 g/mol. The molecule has 0 aliphatic heterocycles. The van der Waals surface area contributed by atoms with Gasteiger partial charge in [0, 0.05) is 23.7 Å². The Hall–Kier alpha value is -1.91. The van der Waals surface area contributed by atoms with E-state index in [4.69, 9.17) is 0 Å². The predicted molar refractivity (Wildman–Crippen MR) is 86.8 cm³/mol. The molecule has 2 aromatic heterocycles. The summed E-state index contributed by atoms with van der Waals surface area (Å²) in [6.07, 6.45) is 7.99. The zero-order valence-corrected chi connectivity index (χ0v) is 13.5. The van der Waals surface area contributed by atoms with Crippen LogP contribution in [0.3, 0.4) is 0 Å². The number of hydrogen-bond donors (Lipinski definition) is 1. The van der Waals surface area contributed by atoms with Crippen molar-refractivity contribution in [3.05, 3.63) is 24.0 Å². The van der Waals surface area contributed by atoms with Crippen molar-refractivity contribution in [2.24, 2.45) is 5.92 Å². The number of carbonyl (C=O) groups is 1. The average Bonchev–Trinajstić information content (AvgIpc) is 2.92. The zero-order chi connectivity index (χ0) is 15.7. The largest absolute Gasteiger partial charge is 0.349 e. The van der Waals surface area contributed by atoms with Gasteiger partial charge in [-0.1, -0.05) is 6.92 Å². The molecule has 0 bridgehead atoms. The highest BCUT2D eigenvalue weighted by molar-refractivity contribution is 5.96. The fraction of sp³-hybridized carbons (Fsp3) is 0.588. The number of nitrogens with zero attached hydrogens (tertiary/aromatic N) is 3. The second-order valence-corrected chi connectivity index (χ2v) is 6.75. The maximum atomic E-state index is 12.4. The van der Waals surface area contributed by atoms with Crippen molar-refractivity contribution >= 4 is 16.9 Å². The minimum absolute atomic E-state index is 0.0220. The Balaban J connectivity index is 1.74. The molecule has 1 saturated carbocycles. The maximum absolute atomic E-state index is 12.4. The molecule has 2 aromatic rings. The lowest BCUT2D eigenvalue weighted by Crippen LogP contribution is -2.37. The first-order valence-corrected chi connectivity index (χ1v) is 8.18. The van der Waals surface area contributed by atoms with Gasteiger partial charge < -0.3 is 5.32 Å². The van der Waals surface area contributed by atoms with Crippen molar-refractivity contribution in [2.45, 2.75) is 58.5 Å². The summed E-state index contributed by atoms with van der Waals surface area (Å²) in [5.41, 5.74) is 1.45. The Morgan fingerprint density at radius 2 is 2.00 bits per heavy atom. The van der Waals surface area contributed by atoms with Crippen LogP contribution < -0.4 is 5.32 Å². The molecule has 0 aromatic carbocycles. The summed E-state index contributed by atoms with van der Waals surface area (Å²) in [6, 6.07) is 2.45. The van der Waals surface area contributed by atoms with E-state index in [9.17, 15) is 4.79 Å². The molecule has 2 heterocycles. The van der Waals surface area contributed by atoms with Gasteiger partial charge in [-0.05, 0) is 51.5 Å². The lowest BCUT2D eigenvalue weighted by molar-refractivity contribution is 0.0923. The molecule has 0 unspecified atom stereocenters. The van der Waals surface area contributed by atoms with Crippen molar-refractivity contribution in [2.75, 3.05) is 0 Å². The van der Waals surface area contributed by atoms with Crippen LogP contribution >= 0.6 is 0 Å². The minimum Gasteiger partial charge on any atom is -0.349 e. The molecule has 1 fully saturated rings. The zero-order valence-electron chi connectivity index (χ0n) is 13.5. The lowest BCUT2D eigenvalue weighted by atomic mass is 9.87. The smallest absolute Gasteiger partial charge is 0.253 e. The van der Waals surface area contributed by atoms with Crippen LogP contribution in [-0.4, -0.2) is 26.7 Å². The molecular weight excluding hydrogens is 276 g/mol. The number of aromatic nitrogens is 3. The highest BCUT2D eigenvalue weighted by atomic mass is 16.1. The minimum atomic E-state index is -0.0220. The highest BCUT2D eigenvalue weighted by Gasteiger charge is 2.20. The van der Waals surface area contributed by atoms with Crippen molar-refractivity contribution < 1.29 is 4.79 Å². The molecule has 0 saturated heterocycles. The SMILES string of the molecule is CC1CCC(NC(=O)c2cnc3c(cnn3C(C)C)c2)CC1. The summed E-state index contributed by atoms with van der Waals surface area (Å²) in [4.78, 5) is 16.8. The summed E-state index contributed by atoms with van der Waals surface area (Å²) in [5.74, 6) is 0.763. The molecule has 22 heavy (non-hydrogen) atoms. The van der Waals surface area contributed by atoms with Crippen LogP contribution in [0, 0.1) is 5.92 Å². The van der Waals surface area contributed by atoms with Gasteiger partial charge in [0.2, 0.25) is 0 Å². The number of nitrogens with one attached hydrogen (secondary N) is 1. The number of rotatable bonds is 3. The number of amides is 1. The molecule has 5 heteroatoms. The van der Waals surface area contributed by atoms with E-state index in [1.54, 1.807) is 12.4 Å². The molecule has 118 valence electrons. The predicted octanol–water partition coefficient (Wildman–Crippen LogP) is 3.32. The van der Waals surface area contributed by atoms with E-state index in [1.165, 1.54) is 12.8 Å². The van der Waals surface area contributed by atoms with Crippen LogP contribution in [0.4, 0.5) is 0 Å². The standard InChI is InChI=1S/C17H24N4O/c1-11(2)21-16-13(10-19-21)8-14(9-18-16)17(22)20-15-6-4-12(3)5-7-15/h8-12,15H,4-7H2,1-3H3,(H,20,22). The van der Waals surface area contributed by atoms with Crippen LogP contribution in [0.15, 0.2) is 18.5 Å². The van der Waals surface area contributed by atoms with Crippen LogP contribution in [0.2, 0.25) is 0 Å². The highest BCUT2D eigenvalue weighted by Crippen LogP contribution is 2.24. The van der Waals surface area contributed by atoms with E-state index >= 15 is 0 Å². The molecule has 1 N–H and O–H groups in total. The van der Waals surface area contributed by atoms with Crippen LogP contribution in [0.1, 0.15) is 62.9 Å². The molecule has 0 radical (unpaired) electrons. The Morgan fingerprint density at radius 3 is 2.68 bits per heavy atom. The van der Waals surface area contributed by atoms with Crippen molar-refractivity contribution in [3.63, 3.8) is 0 Å². The van der Waals surface area contributed by atoms with E-state index in [2.05, 4.69) is 36.2 Å². The molecule has 0 atom stereocenters. The normalized spacial score (nSPS) is 22.2. The van der Waals surface area contributed by atoms with Crippen molar-refractivity contribution in [1.82, 2.24) is 20.1 Å². The summed E-state index contributed by atoms with van der Waals surface area (Å²) in [6.45, 7) is 6.42. The third-order valence-electron chi connectivity index (χ3n) is 4.54. The Bertz CT molecular complexity index is 668. The van der Waals surface area contributed by atoms with Gasteiger partial charge in [0.05, 0.1) is 11.8 Å². The molecule has 3 rings (SSSR count). The van der Waals surface area contributed by atoms with E-state index in [-0.39, 0.29) is 11.9 Å². The number of hydrogen-bond acceptors (Lipinski definition) is 3. The van der Waals surface area contributed by atoms with Gasteiger partial charge >= 0.3 is 0 Å². The van der Waals surface area contributed by atoms with Gasteiger partial charge in [0.1, 0.15) is 0 Å². The van der Waals surface area contributed by atoms with E-state index in [1.807, 2.05) is 10.7 Å². The quantitative estimate of drug-likeness (QED) is 0.946. The monoisotopic (exact) mass is 300 g/mol. The first-order valence-electron chi connectivity index (χ1n) is 8.18. The second-order valence-electron chi connectivity index (χ2n) is 6.75. The molecule has 1 amide bonds.